The molecule has 1 fully saturated rings. The van der Waals surface area contributed by atoms with Crippen molar-refractivity contribution in [1.82, 2.24) is 4.57 Å². The molecule has 3 atom stereocenters. The number of rotatable bonds is 7. The highest BCUT2D eigenvalue weighted by atomic mass is 32.2. The molecule has 0 aliphatic heterocycles. The lowest BCUT2D eigenvalue weighted by Crippen LogP contribution is -2.24. The summed E-state index contributed by atoms with van der Waals surface area (Å²) in [4.78, 5) is 12.5. The van der Waals surface area contributed by atoms with E-state index >= 15 is 0 Å². The average molecular weight is 458 g/mol. The van der Waals surface area contributed by atoms with Gasteiger partial charge in [-0.3, -0.25) is 9.36 Å². The van der Waals surface area contributed by atoms with Crippen LogP contribution in [0.5, 0.6) is 0 Å². The molecule has 8 heteroatoms. The summed E-state index contributed by atoms with van der Waals surface area (Å²) in [7, 11) is 0.108. The molecule has 2 aromatic carbocycles. The summed E-state index contributed by atoms with van der Waals surface area (Å²) in [6, 6.07) is 12.8. The molecule has 0 saturated heterocycles. The van der Waals surface area contributed by atoms with Gasteiger partial charge in [0, 0.05) is 18.5 Å². The van der Waals surface area contributed by atoms with E-state index in [0.29, 0.717) is 29.9 Å². The minimum absolute atomic E-state index is 0.00287. The standard InChI is InChI=1S/C24H25F2N3O2S/c1-4-15-8-9-20(19(26)11-15)27-23-21(10-14(2)24(30)29(23)3)28-32(31)22-13-18(22)16-6-5-7-17(25)12-16/h5-12,18,22,27-28H,4,13H2,1-3H3. The Morgan fingerprint density at radius 2 is 1.91 bits per heavy atom. The van der Waals surface area contributed by atoms with Gasteiger partial charge in [-0.2, -0.15) is 0 Å². The van der Waals surface area contributed by atoms with Crippen molar-refractivity contribution in [3.63, 3.8) is 0 Å². The Morgan fingerprint density at radius 3 is 2.59 bits per heavy atom. The number of hydrogen-bond acceptors (Lipinski definition) is 3. The Hall–Kier alpha value is -3.00. The van der Waals surface area contributed by atoms with Crippen LogP contribution in [0, 0.1) is 18.6 Å². The van der Waals surface area contributed by atoms with Crippen LogP contribution in [-0.4, -0.2) is 14.0 Å². The lowest BCUT2D eigenvalue weighted by Gasteiger charge is -2.18. The third-order valence-electron chi connectivity index (χ3n) is 5.78. The van der Waals surface area contributed by atoms with E-state index in [9.17, 15) is 17.8 Å². The maximum atomic E-state index is 14.6. The van der Waals surface area contributed by atoms with Crippen LogP contribution in [0.3, 0.4) is 0 Å². The zero-order valence-corrected chi connectivity index (χ0v) is 18.9. The fourth-order valence-electron chi connectivity index (χ4n) is 3.81. The van der Waals surface area contributed by atoms with E-state index in [1.807, 2.05) is 19.1 Å². The Labute approximate surface area is 188 Å². The van der Waals surface area contributed by atoms with Crippen LogP contribution in [-0.2, 0) is 24.5 Å². The highest BCUT2D eigenvalue weighted by Gasteiger charge is 2.43. The van der Waals surface area contributed by atoms with Crippen molar-refractivity contribution in [3.05, 3.63) is 87.2 Å². The van der Waals surface area contributed by atoms with Crippen molar-refractivity contribution in [2.45, 2.75) is 37.9 Å². The monoisotopic (exact) mass is 457 g/mol. The molecule has 0 bridgehead atoms. The Kier molecular flexibility index (Phi) is 6.15. The minimum atomic E-state index is -1.47. The molecule has 168 valence electrons. The third kappa shape index (κ3) is 4.46. The number of nitrogens with one attached hydrogen (secondary N) is 2. The van der Waals surface area contributed by atoms with Crippen LogP contribution in [0.4, 0.5) is 26.0 Å². The second kappa shape index (κ2) is 8.86. The zero-order valence-electron chi connectivity index (χ0n) is 18.1. The van der Waals surface area contributed by atoms with Crippen LogP contribution in [0.2, 0.25) is 0 Å². The van der Waals surface area contributed by atoms with Crippen LogP contribution in [0.15, 0.2) is 53.3 Å². The number of nitrogens with zero attached hydrogens (tertiary/aromatic N) is 1. The summed E-state index contributed by atoms with van der Waals surface area (Å²) < 4.78 is 45.5. The van der Waals surface area contributed by atoms with Gasteiger partial charge in [-0.25, -0.2) is 13.0 Å². The average Bonchev–Trinajstić information content (AvgIpc) is 3.57. The Balaban J connectivity index is 1.60. The van der Waals surface area contributed by atoms with Crippen molar-refractivity contribution in [2.75, 3.05) is 10.0 Å². The fraction of sp³-hybridized carbons (Fsp3) is 0.292. The molecule has 1 aliphatic carbocycles. The molecule has 32 heavy (non-hydrogen) atoms. The van der Waals surface area contributed by atoms with Gasteiger partial charge in [-0.15, -0.1) is 0 Å². The number of aryl methyl sites for hydroxylation is 2. The smallest absolute Gasteiger partial charge is 0.254 e. The first-order valence-electron chi connectivity index (χ1n) is 10.5. The first-order valence-corrected chi connectivity index (χ1v) is 11.7. The first-order chi connectivity index (χ1) is 15.3. The molecule has 0 amide bonds. The molecular weight excluding hydrogens is 432 g/mol. The second-order valence-corrected chi connectivity index (χ2v) is 9.49. The van der Waals surface area contributed by atoms with Crippen LogP contribution < -0.4 is 15.6 Å². The second-order valence-electron chi connectivity index (χ2n) is 8.08. The lowest BCUT2D eigenvalue weighted by molar-refractivity contribution is 0.625. The number of aromatic nitrogens is 1. The van der Waals surface area contributed by atoms with Gasteiger partial charge in [0.1, 0.15) is 28.4 Å². The highest BCUT2D eigenvalue weighted by Crippen LogP contribution is 2.45. The SMILES string of the molecule is CCc1ccc(Nc2c(NS(=O)C3CC3c3cccc(F)c3)cc(C)c(=O)n2C)c(F)c1. The molecule has 1 aliphatic rings. The van der Waals surface area contributed by atoms with Gasteiger partial charge in [0.15, 0.2) is 0 Å². The Bertz CT molecular complexity index is 1260. The largest absolute Gasteiger partial charge is 0.337 e. The molecule has 3 aromatic rings. The van der Waals surface area contributed by atoms with Crippen LogP contribution >= 0.6 is 0 Å². The summed E-state index contributed by atoms with van der Waals surface area (Å²) in [6.07, 6.45) is 1.38. The van der Waals surface area contributed by atoms with E-state index < -0.39 is 16.8 Å². The maximum Gasteiger partial charge on any atom is 0.254 e. The molecule has 1 saturated carbocycles. The minimum Gasteiger partial charge on any atom is -0.337 e. The van der Waals surface area contributed by atoms with Gasteiger partial charge in [0.2, 0.25) is 0 Å². The molecule has 5 nitrogen and oxygen atoms in total. The predicted octanol–water partition coefficient (Wildman–Crippen LogP) is 4.91. The first kappa shape index (κ1) is 22.2. The summed E-state index contributed by atoms with van der Waals surface area (Å²) >= 11 is 0. The molecule has 1 aromatic heterocycles. The van der Waals surface area contributed by atoms with E-state index in [1.165, 1.54) is 22.8 Å². The molecule has 2 N–H and O–H groups in total. The predicted molar refractivity (Wildman–Crippen MR) is 125 cm³/mol. The van der Waals surface area contributed by atoms with Gasteiger partial charge in [0.25, 0.3) is 5.56 Å². The number of halogens is 2. The maximum absolute atomic E-state index is 14.6. The summed E-state index contributed by atoms with van der Waals surface area (Å²) in [5.74, 6) is -0.427. The normalized spacial score (nSPS) is 18.3. The van der Waals surface area contributed by atoms with Crippen molar-refractivity contribution in [2.24, 2.45) is 7.05 Å². The summed E-state index contributed by atoms with van der Waals surface area (Å²) in [6.45, 7) is 3.61. The van der Waals surface area contributed by atoms with E-state index in [4.69, 9.17) is 0 Å². The summed E-state index contributed by atoms with van der Waals surface area (Å²) in [5, 5.41) is 2.81. The van der Waals surface area contributed by atoms with Gasteiger partial charge < -0.3 is 10.0 Å². The van der Waals surface area contributed by atoms with Gasteiger partial charge in [-0.1, -0.05) is 25.1 Å². The fourth-order valence-corrected chi connectivity index (χ4v) is 5.17. The van der Waals surface area contributed by atoms with Crippen molar-refractivity contribution >= 4 is 28.2 Å². The number of benzene rings is 2. The highest BCUT2D eigenvalue weighted by molar-refractivity contribution is 7.87. The van der Waals surface area contributed by atoms with Gasteiger partial charge >= 0.3 is 0 Å². The Morgan fingerprint density at radius 1 is 1.12 bits per heavy atom. The number of pyridine rings is 1. The quantitative estimate of drug-likeness (QED) is 0.530. The molecule has 1 heterocycles. The molecule has 3 unspecified atom stereocenters. The van der Waals surface area contributed by atoms with Gasteiger partial charge in [0.05, 0.1) is 16.6 Å². The van der Waals surface area contributed by atoms with Gasteiger partial charge in [-0.05, 0) is 61.2 Å². The van der Waals surface area contributed by atoms with E-state index in [-0.39, 0.29) is 28.2 Å². The topological polar surface area (TPSA) is 63.1 Å². The molecular formula is C24H25F2N3O2S. The van der Waals surface area contributed by atoms with E-state index in [2.05, 4.69) is 10.0 Å². The van der Waals surface area contributed by atoms with Crippen molar-refractivity contribution in [1.29, 1.82) is 0 Å². The van der Waals surface area contributed by atoms with Crippen molar-refractivity contribution in [3.8, 4) is 0 Å². The summed E-state index contributed by atoms with van der Waals surface area (Å²) in [5.41, 5.74) is 2.57. The van der Waals surface area contributed by atoms with E-state index in [0.717, 1.165) is 11.1 Å². The van der Waals surface area contributed by atoms with Crippen LogP contribution in [0.1, 0.15) is 36.0 Å². The number of hydrogen-bond donors (Lipinski definition) is 2. The molecule has 0 spiro atoms. The zero-order chi connectivity index (χ0) is 23.0. The number of anilines is 3. The lowest BCUT2D eigenvalue weighted by atomic mass is 10.1. The van der Waals surface area contributed by atoms with Crippen LogP contribution in [0.25, 0.3) is 0 Å². The molecule has 0 radical (unpaired) electrons. The molecule has 4 rings (SSSR count). The third-order valence-corrected chi connectivity index (χ3v) is 7.27. The van der Waals surface area contributed by atoms with Crippen molar-refractivity contribution < 1.29 is 13.0 Å². The van der Waals surface area contributed by atoms with E-state index in [1.54, 1.807) is 32.2 Å².